The zero-order chi connectivity index (χ0) is 10.7. The van der Waals surface area contributed by atoms with Gasteiger partial charge in [0.15, 0.2) is 0 Å². The summed E-state index contributed by atoms with van der Waals surface area (Å²) in [6.07, 6.45) is 1.17. The molecule has 7 heteroatoms. The number of pyridine rings is 1. The average Bonchev–Trinajstić information content (AvgIpc) is 2.17. The van der Waals surface area contributed by atoms with Crippen LogP contribution in [0.25, 0.3) is 0 Å². The van der Waals surface area contributed by atoms with E-state index in [-0.39, 0.29) is 16.4 Å². The summed E-state index contributed by atoms with van der Waals surface area (Å²) in [4.78, 5) is 24.4. The van der Waals surface area contributed by atoms with Gasteiger partial charge in [-0.15, -0.1) is 0 Å². The maximum atomic E-state index is 11.1. The van der Waals surface area contributed by atoms with Gasteiger partial charge in [-0.05, 0) is 0 Å². The highest BCUT2D eigenvalue weighted by Crippen LogP contribution is 2.21. The molecular weight excluding hydrogens is 210 g/mol. The van der Waals surface area contributed by atoms with E-state index in [1.165, 1.54) is 13.2 Å². The molecule has 1 N–H and O–H groups in total. The van der Waals surface area contributed by atoms with Gasteiger partial charge in [-0.1, -0.05) is 11.6 Å². The smallest absolute Gasteiger partial charge is 0.307 e. The number of rotatable bonds is 2. The normalized spacial score (nSPS) is 9.57. The first-order chi connectivity index (χ1) is 6.56. The van der Waals surface area contributed by atoms with Crippen molar-refractivity contribution in [1.29, 1.82) is 0 Å². The number of nitro groups is 1. The highest BCUT2D eigenvalue weighted by molar-refractivity contribution is 6.31. The quantitative estimate of drug-likeness (QED) is 0.453. The van der Waals surface area contributed by atoms with Gasteiger partial charge >= 0.3 is 5.69 Å². The Bertz CT molecular complexity index is 394. The molecule has 0 aliphatic carbocycles. The largest absolute Gasteiger partial charge is 0.355 e. The van der Waals surface area contributed by atoms with Gasteiger partial charge in [-0.3, -0.25) is 14.9 Å². The van der Waals surface area contributed by atoms with Gasteiger partial charge in [-0.2, -0.15) is 0 Å². The summed E-state index contributed by atoms with van der Waals surface area (Å²) in [6, 6.07) is 1.08. The van der Waals surface area contributed by atoms with E-state index in [0.29, 0.717) is 0 Å². The van der Waals surface area contributed by atoms with Crippen molar-refractivity contribution in [1.82, 2.24) is 10.3 Å². The van der Waals surface area contributed by atoms with Crippen LogP contribution >= 0.6 is 11.6 Å². The predicted octanol–water partition coefficient (Wildman–Crippen LogP) is 1.00. The standard InChI is InChI=1S/C7H6ClN3O3/c1-9-7(12)4-2-5(11(13)14)6(8)10-3-4/h2-3H,1H3,(H,9,12). The number of nitrogens with zero attached hydrogens (tertiary/aromatic N) is 2. The van der Waals surface area contributed by atoms with Crippen LogP contribution in [-0.2, 0) is 0 Å². The number of hydrogen-bond acceptors (Lipinski definition) is 4. The van der Waals surface area contributed by atoms with E-state index in [0.717, 1.165) is 6.07 Å². The van der Waals surface area contributed by atoms with E-state index >= 15 is 0 Å². The van der Waals surface area contributed by atoms with E-state index in [1.54, 1.807) is 0 Å². The molecule has 0 fully saturated rings. The van der Waals surface area contributed by atoms with Crippen LogP contribution in [0.5, 0.6) is 0 Å². The van der Waals surface area contributed by atoms with Crippen molar-refractivity contribution in [2.45, 2.75) is 0 Å². The van der Waals surface area contributed by atoms with Gasteiger partial charge in [0, 0.05) is 19.3 Å². The molecule has 0 saturated carbocycles. The van der Waals surface area contributed by atoms with Gasteiger partial charge in [0.1, 0.15) is 0 Å². The molecular formula is C7H6ClN3O3. The fraction of sp³-hybridized carbons (Fsp3) is 0.143. The molecule has 1 aromatic rings. The Kier molecular flexibility index (Phi) is 2.98. The molecule has 1 heterocycles. The van der Waals surface area contributed by atoms with Gasteiger partial charge in [0.2, 0.25) is 5.15 Å². The minimum atomic E-state index is -0.693. The molecule has 1 amide bonds. The summed E-state index contributed by atoms with van der Waals surface area (Å²) in [6.45, 7) is 0. The van der Waals surface area contributed by atoms with Gasteiger partial charge in [0.25, 0.3) is 5.91 Å². The number of hydrogen-bond donors (Lipinski definition) is 1. The van der Waals surface area contributed by atoms with Crippen LogP contribution in [0.4, 0.5) is 5.69 Å². The third-order valence-corrected chi connectivity index (χ3v) is 1.80. The molecule has 0 spiro atoms. The number of halogens is 1. The maximum Gasteiger partial charge on any atom is 0.307 e. The van der Waals surface area contributed by atoms with Crippen molar-refractivity contribution in [2.24, 2.45) is 0 Å². The van der Waals surface area contributed by atoms with Crippen LogP contribution in [0, 0.1) is 10.1 Å². The molecule has 0 radical (unpaired) electrons. The highest BCUT2D eigenvalue weighted by atomic mass is 35.5. The van der Waals surface area contributed by atoms with E-state index in [9.17, 15) is 14.9 Å². The molecule has 0 atom stereocenters. The summed E-state index contributed by atoms with van der Waals surface area (Å²) in [5.74, 6) is -0.447. The van der Waals surface area contributed by atoms with Crippen molar-refractivity contribution in [2.75, 3.05) is 7.05 Å². The van der Waals surface area contributed by atoms with Crippen molar-refractivity contribution < 1.29 is 9.72 Å². The second-order valence-electron chi connectivity index (χ2n) is 2.37. The van der Waals surface area contributed by atoms with Crippen molar-refractivity contribution >= 4 is 23.2 Å². The zero-order valence-electron chi connectivity index (χ0n) is 7.15. The maximum absolute atomic E-state index is 11.1. The number of amides is 1. The van der Waals surface area contributed by atoms with Crippen LogP contribution in [0.3, 0.4) is 0 Å². The van der Waals surface area contributed by atoms with Crippen molar-refractivity contribution in [3.8, 4) is 0 Å². The number of aromatic nitrogens is 1. The monoisotopic (exact) mass is 215 g/mol. The van der Waals surface area contributed by atoms with Crippen LogP contribution in [-0.4, -0.2) is 22.9 Å². The molecule has 6 nitrogen and oxygen atoms in total. The van der Waals surface area contributed by atoms with Gasteiger partial charge in [-0.25, -0.2) is 4.98 Å². The summed E-state index contributed by atoms with van der Waals surface area (Å²) < 4.78 is 0. The van der Waals surface area contributed by atoms with Crippen LogP contribution in [0.15, 0.2) is 12.3 Å². The van der Waals surface area contributed by atoms with E-state index in [2.05, 4.69) is 10.3 Å². The minimum Gasteiger partial charge on any atom is -0.355 e. The molecule has 1 aromatic heterocycles. The highest BCUT2D eigenvalue weighted by Gasteiger charge is 2.16. The van der Waals surface area contributed by atoms with Gasteiger partial charge in [0.05, 0.1) is 10.5 Å². The molecule has 1 rings (SSSR count). The molecule has 74 valence electrons. The lowest BCUT2D eigenvalue weighted by atomic mass is 10.2. The summed E-state index contributed by atoms with van der Waals surface area (Å²) in [5, 5.41) is 12.5. The summed E-state index contributed by atoms with van der Waals surface area (Å²) >= 11 is 5.45. The Morgan fingerprint density at radius 2 is 2.36 bits per heavy atom. The third-order valence-electron chi connectivity index (χ3n) is 1.51. The molecule has 0 saturated heterocycles. The lowest BCUT2D eigenvalue weighted by molar-refractivity contribution is -0.385. The molecule has 0 aliphatic rings. The second-order valence-corrected chi connectivity index (χ2v) is 2.73. The minimum absolute atomic E-state index is 0.101. The molecule has 0 unspecified atom stereocenters. The van der Waals surface area contributed by atoms with Crippen molar-refractivity contribution in [3.05, 3.63) is 33.1 Å². The van der Waals surface area contributed by atoms with E-state index in [1.807, 2.05) is 0 Å². The first-order valence-electron chi connectivity index (χ1n) is 3.58. The Morgan fingerprint density at radius 3 is 2.86 bits per heavy atom. The Hall–Kier alpha value is -1.69. The number of carbonyl (C=O) groups is 1. The van der Waals surface area contributed by atoms with E-state index < -0.39 is 10.8 Å². The Labute approximate surface area is 84.0 Å². The first-order valence-corrected chi connectivity index (χ1v) is 3.96. The summed E-state index contributed by atoms with van der Waals surface area (Å²) in [5.41, 5.74) is -0.281. The van der Waals surface area contributed by atoms with Gasteiger partial charge < -0.3 is 5.32 Å². The van der Waals surface area contributed by atoms with Crippen LogP contribution in [0.1, 0.15) is 10.4 Å². The topological polar surface area (TPSA) is 85.1 Å². The Balaban J connectivity index is 3.19. The van der Waals surface area contributed by atoms with E-state index in [4.69, 9.17) is 11.6 Å². The number of carbonyl (C=O) groups excluding carboxylic acids is 1. The SMILES string of the molecule is CNC(=O)c1cnc(Cl)c([N+](=O)[O-])c1. The fourth-order valence-corrected chi connectivity index (χ4v) is 1.01. The van der Waals surface area contributed by atoms with Crippen LogP contribution in [0.2, 0.25) is 5.15 Å². The Morgan fingerprint density at radius 1 is 1.71 bits per heavy atom. The lowest BCUT2D eigenvalue weighted by Crippen LogP contribution is -2.18. The molecule has 0 aliphatic heterocycles. The predicted molar refractivity (Wildman–Crippen MR) is 49.3 cm³/mol. The summed E-state index contributed by atoms with van der Waals surface area (Å²) in [7, 11) is 1.42. The molecule has 14 heavy (non-hydrogen) atoms. The lowest BCUT2D eigenvalue weighted by Gasteiger charge is -1.99. The third kappa shape index (κ3) is 1.97. The fourth-order valence-electron chi connectivity index (χ4n) is 0.833. The van der Waals surface area contributed by atoms with Crippen LogP contribution < -0.4 is 5.32 Å². The second kappa shape index (κ2) is 4.01. The first kappa shape index (κ1) is 10.4. The van der Waals surface area contributed by atoms with Crippen molar-refractivity contribution in [3.63, 3.8) is 0 Å². The molecule has 0 bridgehead atoms. The molecule has 0 aromatic carbocycles. The average molecular weight is 216 g/mol. The number of nitrogens with one attached hydrogen (secondary N) is 1. The zero-order valence-corrected chi connectivity index (χ0v) is 7.91.